The van der Waals surface area contributed by atoms with E-state index in [0.29, 0.717) is 11.4 Å². The topological polar surface area (TPSA) is 54.0 Å². The maximum atomic E-state index is 12.3. The van der Waals surface area contributed by atoms with Gasteiger partial charge in [0.2, 0.25) is 0 Å². The highest BCUT2D eigenvalue weighted by Crippen LogP contribution is 2.15. The van der Waals surface area contributed by atoms with Crippen LogP contribution in [0.2, 0.25) is 0 Å². The van der Waals surface area contributed by atoms with Gasteiger partial charge < -0.3 is 10.6 Å². The van der Waals surface area contributed by atoms with Crippen LogP contribution in [0, 0.1) is 6.92 Å². The number of hydrogen-bond donors (Lipinski definition) is 2. The number of hydrogen-bond acceptors (Lipinski definition) is 3. The van der Waals surface area contributed by atoms with Crippen LogP contribution in [0.15, 0.2) is 36.4 Å². The van der Waals surface area contributed by atoms with Crippen molar-refractivity contribution in [2.45, 2.75) is 20.3 Å². The third-order valence-corrected chi connectivity index (χ3v) is 3.03. The van der Waals surface area contributed by atoms with Gasteiger partial charge in [-0.2, -0.15) is 0 Å². The van der Waals surface area contributed by atoms with Crippen molar-refractivity contribution in [1.29, 1.82) is 0 Å². The predicted octanol–water partition coefficient (Wildman–Crippen LogP) is 3.25. The summed E-state index contributed by atoms with van der Waals surface area (Å²) in [6, 6.07) is 11.3. The highest BCUT2D eigenvalue weighted by molar-refractivity contribution is 6.04. The highest BCUT2D eigenvalue weighted by Gasteiger charge is 2.09. The van der Waals surface area contributed by atoms with Crippen LogP contribution >= 0.6 is 0 Å². The zero-order valence-corrected chi connectivity index (χ0v) is 12.0. The first-order valence-corrected chi connectivity index (χ1v) is 6.69. The summed E-state index contributed by atoms with van der Waals surface area (Å²) in [4.78, 5) is 16.7. The van der Waals surface area contributed by atoms with Crippen LogP contribution in [-0.4, -0.2) is 17.9 Å². The van der Waals surface area contributed by atoms with Gasteiger partial charge in [-0.15, -0.1) is 0 Å². The molecule has 0 radical (unpaired) electrons. The number of aromatic nitrogens is 1. The number of nitrogens with one attached hydrogen (secondary N) is 2. The second kappa shape index (κ2) is 6.19. The predicted molar refractivity (Wildman–Crippen MR) is 82.3 cm³/mol. The summed E-state index contributed by atoms with van der Waals surface area (Å²) in [6.45, 7) is 4.01. The summed E-state index contributed by atoms with van der Waals surface area (Å²) >= 11 is 0. The van der Waals surface area contributed by atoms with E-state index in [1.807, 2.05) is 44.2 Å². The van der Waals surface area contributed by atoms with Crippen molar-refractivity contribution in [1.82, 2.24) is 4.98 Å². The van der Waals surface area contributed by atoms with Gasteiger partial charge in [0.15, 0.2) is 0 Å². The van der Waals surface area contributed by atoms with E-state index in [1.165, 1.54) is 0 Å². The van der Waals surface area contributed by atoms with Crippen LogP contribution in [0.4, 0.5) is 11.5 Å². The van der Waals surface area contributed by atoms with Gasteiger partial charge in [0.05, 0.1) is 0 Å². The standard InChI is InChI=1S/C16H19N3O/c1-4-13-9-12(10-15(17-3)18-13)16(20)19-14-7-5-6-11(2)8-14/h5-10H,4H2,1-3H3,(H,17,18)(H,19,20). The van der Waals surface area contributed by atoms with Crippen molar-refractivity contribution in [3.05, 3.63) is 53.2 Å². The molecule has 0 spiro atoms. The number of amides is 1. The van der Waals surface area contributed by atoms with Gasteiger partial charge in [0.25, 0.3) is 5.91 Å². The fourth-order valence-corrected chi connectivity index (χ4v) is 1.95. The molecular weight excluding hydrogens is 250 g/mol. The Balaban J connectivity index is 2.24. The molecule has 0 bridgehead atoms. The van der Waals surface area contributed by atoms with Crippen LogP contribution in [0.5, 0.6) is 0 Å². The Morgan fingerprint density at radius 2 is 2.05 bits per heavy atom. The number of nitrogens with zero attached hydrogens (tertiary/aromatic N) is 1. The summed E-state index contributed by atoms with van der Waals surface area (Å²) in [6.07, 6.45) is 0.792. The molecule has 2 N–H and O–H groups in total. The lowest BCUT2D eigenvalue weighted by Crippen LogP contribution is -2.13. The van der Waals surface area contributed by atoms with E-state index in [2.05, 4.69) is 15.6 Å². The van der Waals surface area contributed by atoms with Gasteiger partial charge in [0.1, 0.15) is 5.82 Å². The van der Waals surface area contributed by atoms with E-state index in [0.717, 1.165) is 23.4 Å². The highest BCUT2D eigenvalue weighted by atomic mass is 16.1. The average Bonchev–Trinajstić information content (AvgIpc) is 2.46. The molecule has 0 saturated heterocycles. The molecule has 2 aromatic rings. The lowest BCUT2D eigenvalue weighted by molar-refractivity contribution is 0.102. The minimum atomic E-state index is -0.121. The van der Waals surface area contributed by atoms with Crippen molar-refractivity contribution < 1.29 is 4.79 Å². The molecule has 1 heterocycles. The smallest absolute Gasteiger partial charge is 0.255 e. The fraction of sp³-hybridized carbons (Fsp3) is 0.250. The molecule has 1 aromatic heterocycles. The minimum absolute atomic E-state index is 0.121. The van der Waals surface area contributed by atoms with E-state index in [9.17, 15) is 4.79 Å². The number of carbonyl (C=O) groups excluding carboxylic acids is 1. The number of pyridine rings is 1. The number of benzene rings is 1. The summed E-state index contributed by atoms with van der Waals surface area (Å²) < 4.78 is 0. The van der Waals surface area contributed by atoms with Crippen LogP contribution in [0.1, 0.15) is 28.5 Å². The van der Waals surface area contributed by atoms with Crippen LogP contribution in [0.25, 0.3) is 0 Å². The molecular formula is C16H19N3O. The summed E-state index contributed by atoms with van der Waals surface area (Å²) in [5.74, 6) is 0.586. The minimum Gasteiger partial charge on any atom is -0.373 e. The number of carbonyl (C=O) groups is 1. The average molecular weight is 269 g/mol. The largest absolute Gasteiger partial charge is 0.373 e. The first-order valence-electron chi connectivity index (χ1n) is 6.69. The van der Waals surface area contributed by atoms with Crippen LogP contribution in [-0.2, 0) is 6.42 Å². The Morgan fingerprint density at radius 1 is 1.25 bits per heavy atom. The zero-order valence-electron chi connectivity index (χ0n) is 12.0. The molecule has 2 rings (SSSR count). The van der Waals surface area contributed by atoms with Gasteiger partial charge in [-0.3, -0.25) is 4.79 Å². The summed E-state index contributed by atoms with van der Waals surface area (Å²) in [5.41, 5.74) is 3.42. The van der Waals surface area contributed by atoms with Crippen molar-refractivity contribution in [3.63, 3.8) is 0 Å². The summed E-state index contributed by atoms with van der Waals surface area (Å²) in [7, 11) is 1.80. The van der Waals surface area contributed by atoms with Gasteiger partial charge in [0, 0.05) is 24.0 Å². The molecule has 0 atom stereocenters. The van der Waals surface area contributed by atoms with E-state index in [4.69, 9.17) is 0 Å². The molecule has 0 unspecified atom stereocenters. The molecule has 104 valence electrons. The van der Waals surface area contributed by atoms with E-state index in [1.54, 1.807) is 13.1 Å². The van der Waals surface area contributed by atoms with Gasteiger partial charge in [-0.25, -0.2) is 4.98 Å². The third-order valence-electron chi connectivity index (χ3n) is 3.03. The van der Waals surface area contributed by atoms with Crippen molar-refractivity contribution in [3.8, 4) is 0 Å². The van der Waals surface area contributed by atoms with Crippen molar-refractivity contribution in [2.75, 3.05) is 17.7 Å². The lowest BCUT2D eigenvalue weighted by atomic mass is 10.1. The first-order chi connectivity index (χ1) is 9.62. The SMILES string of the molecule is CCc1cc(C(=O)Nc2cccc(C)c2)cc(NC)n1. The molecule has 20 heavy (non-hydrogen) atoms. The monoisotopic (exact) mass is 269 g/mol. The van der Waals surface area contributed by atoms with E-state index >= 15 is 0 Å². The van der Waals surface area contributed by atoms with Crippen molar-refractivity contribution in [2.24, 2.45) is 0 Å². The quantitative estimate of drug-likeness (QED) is 0.895. The Bertz CT molecular complexity index is 601. The first kappa shape index (κ1) is 14.1. The van der Waals surface area contributed by atoms with Gasteiger partial charge >= 0.3 is 0 Å². The number of aryl methyl sites for hydroxylation is 2. The molecule has 1 aromatic carbocycles. The van der Waals surface area contributed by atoms with Crippen LogP contribution in [0.3, 0.4) is 0 Å². The Kier molecular flexibility index (Phi) is 4.35. The maximum Gasteiger partial charge on any atom is 0.255 e. The second-order valence-electron chi connectivity index (χ2n) is 4.66. The van der Waals surface area contributed by atoms with Gasteiger partial charge in [-0.1, -0.05) is 19.1 Å². The Labute approximate surface area is 119 Å². The van der Waals surface area contributed by atoms with E-state index in [-0.39, 0.29) is 5.91 Å². The molecule has 0 saturated carbocycles. The normalized spacial score (nSPS) is 10.2. The number of anilines is 2. The van der Waals surface area contributed by atoms with E-state index < -0.39 is 0 Å². The summed E-state index contributed by atoms with van der Waals surface area (Å²) in [5, 5.41) is 5.89. The molecule has 4 nitrogen and oxygen atoms in total. The zero-order chi connectivity index (χ0) is 14.5. The molecule has 0 fully saturated rings. The number of rotatable bonds is 4. The Hall–Kier alpha value is -2.36. The molecule has 1 amide bonds. The Morgan fingerprint density at radius 3 is 2.70 bits per heavy atom. The fourth-order valence-electron chi connectivity index (χ4n) is 1.95. The lowest BCUT2D eigenvalue weighted by Gasteiger charge is -2.09. The third kappa shape index (κ3) is 3.35. The maximum absolute atomic E-state index is 12.3. The molecule has 4 heteroatoms. The molecule has 0 aliphatic rings. The molecule has 0 aliphatic heterocycles. The second-order valence-corrected chi connectivity index (χ2v) is 4.66. The van der Waals surface area contributed by atoms with Crippen LogP contribution < -0.4 is 10.6 Å². The van der Waals surface area contributed by atoms with Gasteiger partial charge in [-0.05, 0) is 43.2 Å². The van der Waals surface area contributed by atoms with Crippen molar-refractivity contribution >= 4 is 17.4 Å². The molecule has 0 aliphatic carbocycles.